The number of nitrogens with zero attached hydrogens (tertiary/aromatic N) is 1. The van der Waals surface area contributed by atoms with Crippen molar-refractivity contribution in [2.75, 3.05) is 33.4 Å². The van der Waals surface area contributed by atoms with Gasteiger partial charge >= 0.3 is 0 Å². The molecule has 2 amide bonds. The number of hydrazine groups is 1. The maximum atomic E-state index is 11.5. The number of hydrogen-bond acceptors (Lipinski definition) is 5. The van der Waals surface area contributed by atoms with Crippen LogP contribution >= 0.6 is 0 Å². The van der Waals surface area contributed by atoms with Crippen molar-refractivity contribution in [3.8, 4) is 0 Å². The van der Waals surface area contributed by atoms with Crippen molar-refractivity contribution in [3.63, 3.8) is 0 Å². The second-order valence-electron chi connectivity index (χ2n) is 3.56. The molecule has 0 bridgehead atoms. The lowest BCUT2D eigenvalue weighted by molar-refractivity contribution is -0.133. The van der Waals surface area contributed by atoms with Crippen LogP contribution in [0.3, 0.4) is 0 Å². The summed E-state index contributed by atoms with van der Waals surface area (Å²) in [5.74, 6) is 4.66. The summed E-state index contributed by atoms with van der Waals surface area (Å²) in [6.45, 7) is 2.10. The Labute approximate surface area is 94.3 Å². The quantitative estimate of drug-likeness (QED) is 0.290. The number of nitrogens with two attached hydrogens (primary N) is 1. The van der Waals surface area contributed by atoms with Crippen LogP contribution in [0.4, 0.5) is 0 Å². The van der Waals surface area contributed by atoms with Crippen molar-refractivity contribution in [2.45, 2.75) is 12.5 Å². The average Bonchev–Trinajstić information content (AvgIpc) is 2.35. The van der Waals surface area contributed by atoms with E-state index in [2.05, 4.69) is 10.7 Å². The minimum absolute atomic E-state index is 0.0899. The van der Waals surface area contributed by atoms with Crippen LogP contribution in [0, 0.1) is 0 Å². The molecule has 0 aromatic heterocycles. The zero-order valence-electron chi connectivity index (χ0n) is 9.36. The molecule has 0 saturated carbocycles. The molecule has 7 heteroatoms. The van der Waals surface area contributed by atoms with Gasteiger partial charge in [-0.25, -0.2) is 5.84 Å². The van der Waals surface area contributed by atoms with Crippen LogP contribution in [0.25, 0.3) is 0 Å². The highest BCUT2D eigenvalue weighted by Gasteiger charge is 2.28. The minimum atomic E-state index is -0.315. The molecule has 0 aromatic rings. The lowest BCUT2D eigenvalue weighted by Gasteiger charge is -2.33. The van der Waals surface area contributed by atoms with E-state index in [9.17, 15) is 9.59 Å². The Morgan fingerprint density at radius 3 is 2.94 bits per heavy atom. The Bertz CT molecular complexity index is 259. The summed E-state index contributed by atoms with van der Waals surface area (Å²) in [5.41, 5.74) is 2.07. The second kappa shape index (κ2) is 6.41. The highest BCUT2D eigenvalue weighted by Crippen LogP contribution is 2.07. The smallest absolute Gasteiger partial charge is 0.239 e. The Morgan fingerprint density at radius 2 is 2.31 bits per heavy atom. The number of likely N-dealkylation sites (N-methyl/N-ethyl adjacent to an activating group) is 1. The molecular formula is C9H18N4O3. The van der Waals surface area contributed by atoms with Gasteiger partial charge in [0.25, 0.3) is 0 Å². The van der Waals surface area contributed by atoms with Gasteiger partial charge in [-0.1, -0.05) is 0 Å². The van der Waals surface area contributed by atoms with Crippen molar-refractivity contribution < 1.29 is 14.3 Å². The maximum Gasteiger partial charge on any atom is 0.239 e. The molecule has 92 valence electrons. The van der Waals surface area contributed by atoms with E-state index in [1.807, 2.05) is 4.90 Å². The lowest BCUT2D eigenvalue weighted by atomic mass is 10.2. The van der Waals surface area contributed by atoms with E-state index in [1.165, 1.54) is 0 Å². The number of ether oxygens (including phenoxy) is 1. The highest BCUT2D eigenvalue weighted by molar-refractivity contribution is 5.82. The summed E-state index contributed by atoms with van der Waals surface area (Å²) in [5, 5.41) is 2.58. The number of hydrogen-bond donors (Lipinski definition) is 3. The van der Waals surface area contributed by atoms with Gasteiger partial charge in [-0.05, 0) is 0 Å². The number of carbonyl (C=O) groups excluding carboxylic acids is 2. The molecule has 1 fully saturated rings. The number of morpholine rings is 1. The fourth-order valence-electron chi connectivity index (χ4n) is 1.63. The summed E-state index contributed by atoms with van der Waals surface area (Å²) in [4.78, 5) is 24.5. The van der Waals surface area contributed by atoms with Crippen LogP contribution in [0.5, 0.6) is 0 Å². The summed E-state index contributed by atoms with van der Waals surface area (Å²) in [6.07, 6.45) is 0.282. The molecule has 4 N–H and O–H groups in total. The SMILES string of the molecule is CNC(=O)C1COCCN1CCC(=O)NN. The molecule has 0 radical (unpaired) electrons. The monoisotopic (exact) mass is 230 g/mol. The van der Waals surface area contributed by atoms with Crippen LogP contribution in [-0.2, 0) is 14.3 Å². The van der Waals surface area contributed by atoms with E-state index < -0.39 is 0 Å². The summed E-state index contributed by atoms with van der Waals surface area (Å²) in [7, 11) is 1.59. The van der Waals surface area contributed by atoms with Gasteiger partial charge in [0.15, 0.2) is 0 Å². The predicted molar refractivity (Wildman–Crippen MR) is 57.2 cm³/mol. The topological polar surface area (TPSA) is 96.7 Å². The van der Waals surface area contributed by atoms with Crippen LogP contribution in [0.2, 0.25) is 0 Å². The standard InChI is InChI=1S/C9H18N4O3/c1-11-9(15)7-6-16-5-4-13(7)3-2-8(14)12-10/h7H,2-6,10H2,1H3,(H,11,15)(H,12,14). The fourth-order valence-corrected chi connectivity index (χ4v) is 1.63. The van der Waals surface area contributed by atoms with Gasteiger partial charge in [-0.15, -0.1) is 0 Å². The molecule has 0 spiro atoms. The highest BCUT2D eigenvalue weighted by atomic mass is 16.5. The molecule has 1 unspecified atom stereocenters. The zero-order valence-corrected chi connectivity index (χ0v) is 9.36. The minimum Gasteiger partial charge on any atom is -0.378 e. The van der Waals surface area contributed by atoms with E-state index in [0.29, 0.717) is 26.3 Å². The van der Waals surface area contributed by atoms with Crippen LogP contribution in [0.15, 0.2) is 0 Å². The average molecular weight is 230 g/mol. The molecule has 1 rings (SSSR count). The molecule has 1 atom stereocenters. The molecule has 1 aliphatic rings. The van der Waals surface area contributed by atoms with E-state index in [1.54, 1.807) is 7.05 Å². The number of nitrogens with one attached hydrogen (secondary N) is 2. The third kappa shape index (κ3) is 3.44. The zero-order chi connectivity index (χ0) is 12.0. The molecule has 7 nitrogen and oxygen atoms in total. The first-order valence-electron chi connectivity index (χ1n) is 5.22. The van der Waals surface area contributed by atoms with Gasteiger partial charge in [-0.3, -0.25) is 19.9 Å². The third-order valence-corrected chi connectivity index (χ3v) is 2.58. The van der Waals surface area contributed by atoms with Gasteiger partial charge in [0, 0.05) is 26.6 Å². The molecule has 0 aliphatic carbocycles. The summed E-state index contributed by atoms with van der Waals surface area (Å²) in [6, 6.07) is -0.315. The number of amides is 2. The normalized spacial score (nSPS) is 21.5. The van der Waals surface area contributed by atoms with E-state index in [-0.39, 0.29) is 24.3 Å². The van der Waals surface area contributed by atoms with E-state index >= 15 is 0 Å². The van der Waals surface area contributed by atoms with Crippen LogP contribution in [-0.4, -0.2) is 56.1 Å². The van der Waals surface area contributed by atoms with Crippen molar-refractivity contribution >= 4 is 11.8 Å². The van der Waals surface area contributed by atoms with Crippen molar-refractivity contribution in [1.29, 1.82) is 0 Å². The van der Waals surface area contributed by atoms with E-state index in [0.717, 1.165) is 0 Å². The first-order chi connectivity index (χ1) is 7.69. The van der Waals surface area contributed by atoms with Crippen LogP contribution in [0.1, 0.15) is 6.42 Å². The third-order valence-electron chi connectivity index (χ3n) is 2.58. The Balaban J connectivity index is 2.47. The Morgan fingerprint density at radius 1 is 1.56 bits per heavy atom. The predicted octanol–water partition coefficient (Wildman–Crippen LogP) is -2.19. The van der Waals surface area contributed by atoms with Crippen LogP contribution < -0.4 is 16.6 Å². The van der Waals surface area contributed by atoms with Gasteiger partial charge in [0.05, 0.1) is 13.2 Å². The van der Waals surface area contributed by atoms with Gasteiger partial charge in [-0.2, -0.15) is 0 Å². The molecule has 16 heavy (non-hydrogen) atoms. The van der Waals surface area contributed by atoms with Gasteiger partial charge in [0.1, 0.15) is 6.04 Å². The fraction of sp³-hybridized carbons (Fsp3) is 0.778. The molecule has 0 aromatic carbocycles. The second-order valence-corrected chi connectivity index (χ2v) is 3.56. The van der Waals surface area contributed by atoms with Crippen molar-refractivity contribution in [2.24, 2.45) is 5.84 Å². The molecule has 1 saturated heterocycles. The van der Waals surface area contributed by atoms with E-state index in [4.69, 9.17) is 10.6 Å². The van der Waals surface area contributed by atoms with Gasteiger partial charge < -0.3 is 10.1 Å². The molecule has 1 heterocycles. The van der Waals surface area contributed by atoms with Crippen molar-refractivity contribution in [3.05, 3.63) is 0 Å². The molecule has 1 aliphatic heterocycles. The summed E-state index contributed by atoms with van der Waals surface area (Å²) >= 11 is 0. The first-order valence-corrected chi connectivity index (χ1v) is 5.22. The largest absolute Gasteiger partial charge is 0.378 e. The lowest BCUT2D eigenvalue weighted by Crippen LogP contribution is -2.53. The van der Waals surface area contributed by atoms with Gasteiger partial charge in [0.2, 0.25) is 11.8 Å². The Hall–Kier alpha value is -1.18. The van der Waals surface area contributed by atoms with Crippen molar-refractivity contribution in [1.82, 2.24) is 15.6 Å². The Kier molecular flexibility index (Phi) is 5.17. The number of carbonyl (C=O) groups is 2. The summed E-state index contributed by atoms with van der Waals surface area (Å²) < 4.78 is 5.24. The maximum absolute atomic E-state index is 11.5. The number of rotatable bonds is 4. The molecular weight excluding hydrogens is 212 g/mol. The first kappa shape index (κ1) is 12.9.